The van der Waals surface area contributed by atoms with Gasteiger partial charge < -0.3 is 19.7 Å². The van der Waals surface area contributed by atoms with Gasteiger partial charge in [0.25, 0.3) is 0 Å². The van der Waals surface area contributed by atoms with E-state index in [0.29, 0.717) is 12.1 Å². The van der Waals surface area contributed by atoms with E-state index in [4.69, 9.17) is 9.47 Å². The SMILES string of the molecule is CCC(COC)NC1CCN(C(=O)OC(C)(C)C)C2(CCCCC2)C1. The molecule has 2 atom stereocenters. The van der Waals surface area contributed by atoms with Crippen LogP contribution in [0.5, 0.6) is 0 Å². The molecular weight excluding hydrogens is 316 g/mol. The van der Waals surface area contributed by atoms with E-state index in [-0.39, 0.29) is 11.6 Å². The first kappa shape index (κ1) is 20.5. The van der Waals surface area contributed by atoms with Gasteiger partial charge in [0.2, 0.25) is 0 Å². The Bertz CT molecular complexity index is 427. The van der Waals surface area contributed by atoms with Gasteiger partial charge in [0.05, 0.1) is 6.61 Å². The zero-order chi connectivity index (χ0) is 18.5. The van der Waals surface area contributed by atoms with Crippen LogP contribution in [0, 0.1) is 0 Å². The third kappa shape index (κ3) is 5.58. The Balaban J connectivity index is 2.09. The van der Waals surface area contributed by atoms with E-state index in [1.807, 2.05) is 20.8 Å². The Morgan fingerprint density at radius 1 is 1.28 bits per heavy atom. The number of piperidine rings is 1. The van der Waals surface area contributed by atoms with Crippen molar-refractivity contribution in [1.29, 1.82) is 0 Å². The summed E-state index contributed by atoms with van der Waals surface area (Å²) < 4.78 is 11.1. The van der Waals surface area contributed by atoms with E-state index in [1.165, 1.54) is 19.3 Å². The molecule has 1 saturated carbocycles. The minimum absolute atomic E-state index is 0.0259. The fourth-order valence-corrected chi connectivity index (χ4v) is 4.44. The maximum Gasteiger partial charge on any atom is 0.410 e. The molecule has 1 aliphatic heterocycles. The Hall–Kier alpha value is -0.810. The van der Waals surface area contributed by atoms with Crippen molar-refractivity contribution in [3.63, 3.8) is 0 Å². The van der Waals surface area contributed by atoms with Crippen molar-refractivity contribution in [2.45, 2.75) is 102 Å². The molecule has 0 aromatic rings. The summed E-state index contributed by atoms with van der Waals surface area (Å²) in [4.78, 5) is 14.9. The molecule has 1 heterocycles. The number of nitrogens with zero attached hydrogens (tertiary/aromatic N) is 1. The monoisotopic (exact) mass is 354 g/mol. The topological polar surface area (TPSA) is 50.8 Å². The van der Waals surface area contributed by atoms with E-state index in [9.17, 15) is 4.79 Å². The van der Waals surface area contributed by atoms with E-state index in [1.54, 1.807) is 7.11 Å². The Morgan fingerprint density at radius 2 is 1.96 bits per heavy atom. The van der Waals surface area contributed by atoms with Crippen LogP contribution >= 0.6 is 0 Å². The molecule has 1 saturated heterocycles. The molecule has 0 radical (unpaired) electrons. The van der Waals surface area contributed by atoms with Crippen LogP contribution in [0.1, 0.15) is 79.1 Å². The zero-order valence-electron chi connectivity index (χ0n) is 16.9. The number of hydrogen-bond acceptors (Lipinski definition) is 4. The lowest BCUT2D eigenvalue weighted by molar-refractivity contribution is -0.0345. The van der Waals surface area contributed by atoms with E-state index < -0.39 is 5.60 Å². The lowest BCUT2D eigenvalue weighted by Gasteiger charge is -2.52. The molecule has 2 unspecified atom stereocenters. The van der Waals surface area contributed by atoms with Gasteiger partial charge in [-0.2, -0.15) is 0 Å². The fraction of sp³-hybridized carbons (Fsp3) is 0.950. The summed E-state index contributed by atoms with van der Waals surface area (Å²) in [5.74, 6) is 0. The minimum Gasteiger partial charge on any atom is -0.444 e. The molecule has 25 heavy (non-hydrogen) atoms. The highest BCUT2D eigenvalue weighted by Gasteiger charge is 2.46. The molecule has 2 aliphatic rings. The van der Waals surface area contributed by atoms with Crippen molar-refractivity contribution >= 4 is 6.09 Å². The molecule has 146 valence electrons. The molecule has 1 amide bonds. The van der Waals surface area contributed by atoms with E-state index in [2.05, 4.69) is 17.1 Å². The molecular formula is C20H38N2O3. The smallest absolute Gasteiger partial charge is 0.410 e. The first-order chi connectivity index (χ1) is 11.8. The lowest BCUT2D eigenvalue weighted by atomic mass is 9.73. The molecule has 0 aromatic carbocycles. The van der Waals surface area contributed by atoms with Crippen molar-refractivity contribution in [2.75, 3.05) is 20.3 Å². The standard InChI is InChI=1S/C20H38N2O3/c1-6-16(15-24-5)21-17-10-13-22(18(23)25-19(2,3)4)20(14-17)11-8-7-9-12-20/h16-17,21H,6-15H2,1-5H3. The highest BCUT2D eigenvalue weighted by atomic mass is 16.6. The molecule has 0 bridgehead atoms. The number of nitrogens with one attached hydrogen (secondary N) is 1. The minimum atomic E-state index is -0.437. The molecule has 2 rings (SSSR count). The summed E-state index contributed by atoms with van der Waals surface area (Å²) in [5.41, 5.74) is -0.463. The van der Waals surface area contributed by atoms with Gasteiger partial charge >= 0.3 is 6.09 Å². The number of hydrogen-bond donors (Lipinski definition) is 1. The number of likely N-dealkylation sites (tertiary alicyclic amines) is 1. The molecule has 0 aromatic heterocycles. The predicted octanol–water partition coefficient (Wildman–Crippen LogP) is 4.10. The van der Waals surface area contributed by atoms with Gasteiger partial charge in [-0.1, -0.05) is 26.2 Å². The second-order valence-electron chi connectivity index (χ2n) is 8.83. The molecule has 5 nitrogen and oxygen atoms in total. The number of rotatable bonds is 5. The van der Waals surface area contributed by atoms with Gasteiger partial charge in [0, 0.05) is 31.3 Å². The van der Waals surface area contributed by atoms with Gasteiger partial charge in [-0.05, 0) is 52.9 Å². The quantitative estimate of drug-likeness (QED) is 0.807. The van der Waals surface area contributed by atoms with Gasteiger partial charge in [0.15, 0.2) is 0 Å². The summed E-state index contributed by atoms with van der Waals surface area (Å²) in [6, 6.07) is 0.848. The number of carbonyl (C=O) groups excluding carboxylic acids is 1. The highest BCUT2D eigenvalue weighted by Crippen LogP contribution is 2.41. The van der Waals surface area contributed by atoms with Crippen molar-refractivity contribution in [3.05, 3.63) is 0 Å². The Morgan fingerprint density at radius 3 is 2.52 bits per heavy atom. The maximum absolute atomic E-state index is 12.8. The maximum atomic E-state index is 12.8. The van der Waals surface area contributed by atoms with Gasteiger partial charge in [0.1, 0.15) is 5.60 Å². The second-order valence-corrected chi connectivity index (χ2v) is 8.83. The van der Waals surface area contributed by atoms with Gasteiger partial charge in [-0.3, -0.25) is 0 Å². The van der Waals surface area contributed by atoms with Crippen molar-refractivity contribution in [2.24, 2.45) is 0 Å². The average Bonchev–Trinajstić information content (AvgIpc) is 2.53. The van der Waals surface area contributed by atoms with Crippen LogP contribution in [0.4, 0.5) is 4.79 Å². The number of amides is 1. The number of methoxy groups -OCH3 is 1. The zero-order valence-corrected chi connectivity index (χ0v) is 16.9. The van der Waals surface area contributed by atoms with Crippen molar-refractivity contribution in [3.8, 4) is 0 Å². The number of ether oxygens (including phenoxy) is 2. The normalized spacial score (nSPS) is 25.0. The number of carbonyl (C=O) groups is 1. The first-order valence-corrected chi connectivity index (χ1v) is 10.1. The summed E-state index contributed by atoms with van der Waals surface area (Å²) in [5, 5.41) is 3.78. The van der Waals surface area contributed by atoms with E-state index in [0.717, 1.165) is 45.3 Å². The first-order valence-electron chi connectivity index (χ1n) is 10.1. The van der Waals surface area contributed by atoms with Gasteiger partial charge in [-0.15, -0.1) is 0 Å². The van der Waals surface area contributed by atoms with Gasteiger partial charge in [-0.25, -0.2) is 4.79 Å². The third-order valence-corrected chi connectivity index (χ3v) is 5.63. The van der Waals surface area contributed by atoms with Crippen molar-refractivity contribution in [1.82, 2.24) is 10.2 Å². The molecule has 1 aliphatic carbocycles. The summed E-state index contributed by atoms with van der Waals surface area (Å²) in [7, 11) is 1.76. The highest BCUT2D eigenvalue weighted by molar-refractivity contribution is 5.69. The van der Waals surface area contributed by atoms with Crippen LogP contribution < -0.4 is 5.32 Å². The molecule has 1 spiro atoms. The Kier molecular flexibility index (Phi) is 7.15. The summed E-state index contributed by atoms with van der Waals surface area (Å²) in [6.45, 7) is 9.57. The largest absolute Gasteiger partial charge is 0.444 e. The van der Waals surface area contributed by atoms with Crippen molar-refractivity contribution < 1.29 is 14.3 Å². The van der Waals surface area contributed by atoms with Crippen LogP contribution in [0.3, 0.4) is 0 Å². The molecule has 2 fully saturated rings. The van der Waals surface area contributed by atoms with Crippen LogP contribution in [0.2, 0.25) is 0 Å². The third-order valence-electron chi connectivity index (χ3n) is 5.63. The average molecular weight is 355 g/mol. The van der Waals surface area contributed by atoms with Crippen LogP contribution in [-0.2, 0) is 9.47 Å². The summed E-state index contributed by atoms with van der Waals surface area (Å²) in [6.07, 6.45) is 8.86. The van der Waals surface area contributed by atoms with Crippen LogP contribution in [0.25, 0.3) is 0 Å². The van der Waals surface area contributed by atoms with Crippen LogP contribution in [-0.4, -0.2) is 54.5 Å². The van der Waals surface area contributed by atoms with E-state index >= 15 is 0 Å². The Labute approximate surface area is 153 Å². The van der Waals surface area contributed by atoms with Crippen LogP contribution in [0.15, 0.2) is 0 Å². The molecule has 5 heteroatoms. The molecule has 1 N–H and O–H groups in total. The predicted molar refractivity (Wildman–Crippen MR) is 101 cm³/mol. The fourth-order valence-electron chi connectivity index (χ4n) is 4.44. The summed E-state index contributed by atoms with van der Waals surface area (Å²) >= 11 is 0. The lowest BCUT2D eigenvalue weighted by Crippen LogP contribution is -2.62. The second kappa shape index (κ2) is 8.72.